The number of methoxy groups -OCH3 is 1. The molecule has 0 spiro atoms. The van der Waals surface area contributed by atoms with Crippen LogP contribution in [0.15, 0.2) is 22.8 Å². The van der Waals surface area contributed by atoms with E-state index in [1.165, 1.54) is 0 Å². The van der Waals surface area contributed by atoms with Crippen molar-refractivity contribution in [1.82, 2.24) is 4.98 Å². The Morgan fingerprint density at radius 2 is 2.29 bits per heavy atom. The van der Waals surface area contributed by atoms with E-state index in [4.69, 9.17) is 9.47 Å². The first-order valence-electron chi connectivity index (χ1n) is 4.02. The number of hydrogen-bond donors (Lipinski definition) is 0. The summed E-state index contributed by atoms with van der Waals surface area (Å²) in [4.78, 5) is 15.3. The van der Waals surface area contributed by atoms with Crippen molar-refractivity contribution < 1.29 is 14.3 Å². The van der Waals surface area contributed by atoms with Gasteiger partial charge in [0.05, 0.1) is 6.61 Å². The lowest BCUT2D eigenvalue weighted by Crippen LogP contribution is -2.11. The van der Waals surface area contributed by atoms with Gasteiger partial charge in [0, 0.05) is 7.11 Å². The Hall–Kier alpha value is -0.940. The third-order valence-electron chi connectivity index (χ3n) is 1.44. The fourth-order valence-corrected chi connectivity index (χ4v) is 1.16. The second-order valence-corrected chi connectivity index (χ2v) is 3.29. The van der Waals surface area contributed by atoms with Crippen LogP contribution >= 0.6 is 15.9 Å². The van der Waals surface area contributed by atoms with Gasteiger partial charge in [0.2, 0.25) is 0 Å². The van der Waals surface area contributed by atoms with E-state index in [1.54, 1.807) is 25.3 Å². The minimum absolute atomic E-state index is 0.240. The summed E-state index contributed by atoms with van der Waals surface area (Å²) in [7, 11) is 1.55. The van der Waals surface area contributed by atoms with E-state index in [0.29, 0.717) is 11.2 Å². The summed E-state index contributed by atoms with van der Waals surface area (Å²) in [5.41, 5.74) is 0.287. The number of pyridine rings is 1. The maximum absolute atomic E-state index is 11.3. The van der Waals surface area contributed by atoms with Crippen LogP contribution in [0, 0.1) is 0 Å². The number of halogens is 1. The van der Waals surface area contributed by atoms with Gasteiger partial charge in [-0.25, -0.2) is 9.78 Å². The molecule has 0 aliphatic carbocycles. The van der Waals surface area contributed by atoms with Crippen molar-refractivity contribution in [1.29, 1.82) is 0 Å². The molecule has 4 nitrogen and oxygen atoms in total. The number of rotatable bonds is 4. The average Bonchev–Trinajstić information content (AvgIpc) is 2.18. The van der Waals surface area contributed by atoms with Crippen molar-refractivity contribution in [2.75, 3.05) is 20.3 Å². The second-order valence-electron chi connectivity index (χ2n) is 2.47. The van der Waals surface area contributed by atoms with E-state index in [9.17, 15) is 4.79 Å². The van der Waals surface area contributed by atoms with Gasteiger partial charge in [-0.05, 0) is 28.1 Å². The SMILES string of the molecule is COCCOC(=O)c1cccc(Br)n1. The van der Waals surface area contributed by atoms with Gasteiger partial charge in [-0.2, -0.15) is 0 Å². The van der Waals surface area contributed by atoms with Crippen LogP contribution < -0.4 is 0 Å². The van der Waals surface area contributed by atoms with Gasteiger partial charge >= 0.3 is 5.97 Å². The predicted molar refractivity (Wildman–Crippen MR) is 54.1 cm³/mol. The zero-order chi connectivity index (χ0) is 10.4. The average molecular weight is 260 g/mol. The molecule has 1 aromatic rings. The molecule has 0 aromatic carbocycles. The molecule has 0 bridgehead atoms. The largest absolute Gasteiger partial charge is 0.459 e. The fraction of sp³-hybridized carbons (Fsp3) is 0.333. The van der Waals surface area contributed by atoms with E-state index in [0.717, 1.165) is 0 Å². The Balaban J connectivity index is 2.52. The molecule has 76 valence electrons. The Labute approximate surface area is 90.4 Å². The van der Waals surface area contributed by atoms with Crippen molar-refractivity contribution in [2.45, 2.75) is 0 Å². The highest BCUT2D eigenvalue weighted by Gasteiger charge is 2.08. The Morgan fingerprint density at radius 1 is 1.50 bits per heavy atom. The van der Waals surface area contributed by atoms with Crippen LogP contribution in [0.25, 0.3) is 0 Å². The first-order chi connectivity index (χ1) is 6.74. The van der Waals surface area contributed by atoms with Crippen LogP contribution in [0.4, 0.5) is 0 Å². The van der Waals surface area contributed by atoms with E-state index in [-0.39, 0.29) is 12.3 Å². The van der Waals surface area contributed by atoms with Crippen LogP contribution in [0.2, 0.25) is 0 Å². The zero-order valence-corrected chi connectivity index (χ0v) is 9.28. The number of hydrogen-bond acceptors (Lipinski definition) is 4. The summed E-state index contributed by atoms with van der Waals surface area (Å²) >= 11 is 3.17. The molecule has 0 aliphatic rings. The van der Waals surface area contributed by atoms with Gasteiger partial charge < -0.3 is 9.47 Å². The fourth-order valence-electron chi connectivity index (χ4n) is 0.814. The Bertz CT molecular complexity index is 317. The van der Waals surface area contributed by atoms with Crippen molar-refractivity contribution in [3.63, 3.8) is 0 Å². The summed E-state index contributed by atoms with van der Waals surface area (Å²) in [5, 5.41) is 0. The maximum Gasteiger partial charge on any atom is 0.357 e. The molecule has 0 aliphatic heterocycles. The summed E-state index contributed by atoms with van der Waals surface area (Å²) in [6.07, 6.45) is 0. The van der Waals surface area contributed by atoms with Crippen LogP contribution in [-0.2, 0) is 9.47 Å². The Morgan fingerprint density at radius 3 is 2.93 bits per heavy atom. The highest BCUT2D eigenvalue weighted by atomic mass is 79.9. The highest BCUT2D eigenvalue weighted by Crippen LogP contribution is 2.06. The molecule has 0 saturated heterocycles. The monoisotopic (exact) mass is 259 g/mol. The van der Waals surface area contributed by atoms with Gasteiger partial charge in [-0.1, -0.05) is 6.07 Å². The standard InChI is InChI=1S/C9H10BrNO3/c1-13-5-6-14-9(12)7-3-2-4-8(10)11-7/h2-4H,5-6H2,1H3. The second kappa shape index (κ2) is 5.72. The molecule has 1 aromatic heterocycles. The highest BCUT2D eigenvalue weighted by molar-refractivity contribution is 9.10. The first-order valence-corrected chi connectivity index (χ1v) is 4.82. The minimum atomic E-state index is -0.441. The molecule has 1 rings (SSSR count). The number of carbonyl (C=O) groups excluding carboxylic acids is 1. The van der Waals surface area contributed by atoms with E-state index in [1.807, 2.05) is 0 Å². The van der Waals surface area contributed by atoms with Gasteiger partial charge in [-0.3, -0.25) is 0 Å². The molecule has 5 heteroatoms. The number of esters is 1. The number of aromatic nitrogens is 1. The molecule has 0 fully saturated rings. The van der Waals surface area contributed by atoms with Crippen LogP contribution in [-0.4, -0.2) is 31.3 Å². The number of carbonyl (C=O) groups is 1. The van der Waals surface area contributed by atoms with Crippen LogP contribution in [0.3, 0.4) is 0 Å². The van der Waals surface area contributed by atoms with Crippen LogP contribution in [0.5, 0.6) is 0 Å². The zero-order valence-electron chi connectivity index (χ0n) is 7.70. The van der Waals surface area contributed by atoms with Crippen molar-refractivity contribution >= 4 is 21.9 Å². The molecule has 1 heterocycles. The minimum Gasteiger partial charge on any atom is -0.459 e. The van der Waals surface area contributed by atoms with Gasteiger partial charge in [0.15, 0.2) is 0 Å². The van der Waals surface area contributed by atoms with E-state index < -0.39 is 5.97 Å². The molecule has 0 saturated carbocycles. The Kier molecular flexibility index (Phi) is 4.55. The van der Waals surface area contributed by atoms with Gasteiger partial charge in [-0.15, -0.1) is 0 Å². The van der Waals surface area contributed by atoms with Crippen molar-refractivity contribution in [3.8, 4) is 0 Å². The molecule has 0 radical (unpaired) electrons. The van der Waals surface area contributed by atoms with Gasteiger partial charge in [0.25, 0.3) is 0 Å². The predicted octanol–water partition coefficient (Wildman–Crippen LogP) is 1.65. The molecule has 14 heavy (non-hydrogen) atoms. The molecule has 0 N–H and O–H groups in total. The summed E-state index contributed by atoms with van der Waals surface area (Å²) in [6.45, 7) is 0.628. The van der Waals surface area contributed by atoms with E-state index in [2.05, 4.69) is 20.9 Å². The third-order valence-corrected chi connectivity index (χ3v) is 1.89. The number of nitrogens with zero attached hydrogens (tertiary/aromatic N) is 1. The van der Waals surface area contributed by atoms with Gasteiger partial charge in [0.1, 0.15) is 16.9 Å². The number of ether oxygens (including phenoxy) is 2. The molecular weight excluding hydrogens is 250 g/mol. The lowest BCUT2D eigenvalue weighted by Gasteiger charge is -2.02. The molecule has 0 amide bonds. The summed E-state index contributed by atoms with van der Waals surface area (Å²) < 4.78 is 10.2. The van der Waals surface area contributed by atoms with E-state index >= 15 is 0 Å². The topological polar surface area (TPSA) is 48.4 Å². The maximum atomic E-state index is 11.3. The summed E-state index contributed by atoms with van der Waals surface area (Å²) in [6, 6.07) is 5.07. The lowest BCUT2D eigenvalue weighted by atomic mass is 10.3. The van der Waals surface area contributed by atoms with Crippen molar-refractivity contribution in [3.05, 3.63) is 28.5 Å². The summed E-state index contributed by atoms with van der Waals surface area (Å²) in [5.74, 6) is -0.441. The quantitative estimate of drug-likeness (QED) is 0.469. The van der Waals surface area contributed by atoms with Crippen LogP contribution in [0.1, 0.15) is 10.5 Å². The smallest absolute Gasteiger partial charge is 0.357 e. The molecule has 0 unspecified atom stereocenters. The lowest BCUT2D eigenvalue weighted by molar-refractivity contribution is 0.0381. The molecular formula is C9H10BrNO3. The molecule has 0 atom stereocenters. The first kappa shape index (κ1) is 11.1. The third kappa shape index (κ3) is 3.43. The normalized spacial score (nSPS) is 9.86. The van der Waals surface area contributed by atoms with Crippen molar-refractivity contribution in [2.24, 2.45) is 0 Å².